The molecule has 0 radical (unpaired) electrons. The first-order chi connectivity index (χ1) is 6.91. The molecule has 1 rings (SSSR count). The zero-order valence-corrected chi connectivity index (χ0v) is 8.55. The van der Waals surface area contributed by atoms with Crippen molar-refractivity contribution in [1.29, 1.82) is 0 Å². The number of hydrogen-bond acceptors (Lipinski definition) is 2. The molecule has 0 aliphatic carbocycles. The van der Waals surface area contributed by atoms with Gasteiger partial charge in [0.15, 0.2) is 0 Å². The number of benzene rings is 1. The largest absolute Gasteiger partial charge is 0.478 e. The van der Waals surface area contributed by atoms with Crippen molar-refractivity contribution in [3.63, 3.8) is 0 Å². The van der Waals surface area contributed by atoms with Gasteiger partial charge in [-0.3, -0.25) is 4.21 Å². The molecule has 6 heteroatoms. The molecule has 0 spiro atoms. The van der Waals surface area contributed by atoms with Gasteiger partial charge < -0.3 is 5.11 Å². The Labute approximate surface area is 87.2 Å². The van der Waals surface area contributed by atoms with Crippen molar-refractivity contribution < 1.29 is 22.9 Å². The first-order valence-corrected chi connectivity index (χ1v) is 5.47. The minimum atomic E-state index is -2.77. The van der Waals surface area contributed by atoms with Crippen LogP contribution in [0.25, 0.3) is 0 Å². The Morgan fingerprint density at radius 1 is 1.40 bits per heavy atom. The first-order valence-electron chi connectivity index (χ1n) is 3.91. The number of halogens is 2. The van der Waals surface area contributed by atoms with Crippen molar-refractivity contribution >= 4 is 16.8 Å². The molecule has 1 unspecified atom stereocenters. The highest BCUT2D eigenvalue weighted by Gasteiger charge is 2.14. The molecule has 1 aromatic rings. The van der Waals surface area contributed by atoms with Crippen LogP contribution in [0.2, 0.25) is 0 Å². The smallest absolute Gasteiger partial charge is 0.335 e. The third kappa shape index (κ3) is 2.82. The Morgan fingerprint density at radius 2 is 2.00 bits per heavy atom. The van der Waals surface area contributed by atoms with E-state index in [9.17, 15) is 17.8 Å². The lowest BCUT2D eigenvalue weighted by Gasteiger charge is -2.04. The molecule has 0 amide bonds. The fourth-order valence-electron chi connectivity index (χ4n) is 1.04. The molecule has 0 aromatic heterocycles. The van der Waals surface area contributed by atoms with Crippen LogP contribution in [-0.2, 0) is 10.8 Å². The van der Waals surface area contributed by atoms with E-state index >= 15 is 0 Å². The van der Waals surface area contributed by atoms with Crippen LogP contribution in [0.5, 0.6) is 0 Å². The van der Waals surface area contributed by atoms with E-state index < -0.39 is 28.8 Å². The molecule has 0 bridgehead atoms. The number of carboxylic acid groups (broad SMARTS) is 1. The molecule has 0 saturated heterocycles. The predicted molar refractivity (Wildman–Crippen MR) is 50.7 cm³/mol. The van der Waals surface area contributed by atoms with Crippen LogP contribution in [0.15, 0.2) is 23.1 Å². The van der Waals surface area contributed by atoms with Crippen molar-refractivity contribution in [2.75, 3.05) is 6.26 Å². The molecule has 82 valence electrons. The minimum absolute atomic E-state index is 0.0881. The van der Waals surface area contributed by atoms with Gasteiger partial charge in [0, 0.05) is 27.5 Å². The highest BCUT2D eigenvalue weighted by atomic mass is 32.2. The average Bonchev–Trinajstić information content (AvgIpc) is 2.16. The number of rotatable bonds is 3. The monoisotopic (exact) mass is 234 g/mol. The maximum atomic E-state index is 12.4. The highest BCUT2D eigenvalue weighted by molar-refractivity contribution is 7.84. The summed E-state index contributed by atoms with van der Waals surface area (Å²) >= 11 is 0. The maximum absolute atomic E-state index is 12.4. The SMILES string of the molecule is CS(=O)c1cc(C(=O)O)cc(C(F)F)c1. The number of carboxylic acids is 1. The molecule has 1 N–H and O–H groups in total. The second kappa shape index (κ2) is 4.48. The average molecular weight is 234 g/mol. The molecule has 0 heterocycles. The van der Waals surface area contributed by atoms with Crippen LogP contribution in [0, 0.1) is 0 Å². The normalized spacial score (nSPS) is 12.8. The molecule has 1 atom stereocenters. The van der Waals surface area contributed by atoms with E-state index in [-0.39, 0.29) is 10.5 Å². The van der Waals surface area contributed by atoms with Gasteiger partial charge in [0.25, 0.3) is 6.43 Å². The molecule has 0 aliphatic heterocycles. The summed E-state index contributed by atoms with van der Waals surface area (Å²) < 4.78 is 35.8. The van der Waals surface area contributed by atoms with Crippen LogP contribution in [0.3, 0.4) is 0 Å². The van der Waals surface area contributed by atoms with E-state index in [0.717, 1.165) is 18.2 Å². The van der Waals surface area contributed by atoms with Gasteiger partial charge in [0.05, 0.1) is 5.56 Å². The van der Waals surface area contributed by atoms with E-state index in [1.807, 2.05) is 0 Å². The summed E-state index contributed by atoms with van der Waals surface area (Å²) in [4.78, 5) is 10.7. The molecule has 0 aliphatic rings. The summed E-state index contributed by atoms with van der Waals surface area (Å²) in [5.41, 5.74) is -0.710. The Hall–Kier alpha value is -1.30. The highest BCUT2D eigenvalue weighted by Crippen LogP contribution is 2.23. The Balaban J connectivity index is 3.32. The zero-order valence-electron chi connectivity index (χ0n) is 7.74. The summed E-state index contributed by atoms with van der Waals surface area (Å²) in [6.07, 6.45) is -1.47. The number of hydrogen-bond donors (Lipinski definition) is 1. The molecule has 15 heavy (non-hydrogen) atoms. The van der Waals surface area contributed by atoms with Gasteiger partial charge in [-0.2, -0.15) is 0 Å². The van der Waals surface area contributed by atoms with Crippen LogP contribution >= 0.6 is 0 Å². The van der Waals surface area contributed by atoms with E-state index in [4.69, 9.17) is 5.11 Å². The predicted octanol–water partition coefficient (Wildman–Crippen LogP) is 2.06. The lowest BCUT2D eigenvalue weighted by atomic mass is 10.1. The molecular formula is C9H8F2O3S. The molecular weight excluding hydrogens is 226 g/mol. The standard InChI is InChI=1S/C9H8F2O3S/c1-15(14)7-3-5(8(10)11)2-6(4-7)9(12)13/h2-4,8H,1H3,(H,12,13). The molecule has 0 fully saturated rings. The third-order valence-electron chi connectivity index (χ3n) is 1.76. The van der Waals surface area contributed by atoms with E-state index in [1.54, 1.807) is 0 Å². The zero-order chi connectivity index (χ0) is 11.6. The lowest BCUT2D eigenvalue weighted by molar-refractivity contribution is 0.0696. The summed E-state index contributed by atoms with van der Waals surface area (Å²) in [5.74, 6) is -1.32. The van der Waals surface area contributed by atoms with Crippen molar-refractivity contribution in [1.82, 2.24) is 0 Å². The molecule has 1 aromatic carbocycles. The van der Waals surface area contributed by atoms with Crippen molar-refractivity contribution in [3.8, 4) is 0 Å². The quantitative estimate of drug-likeness (QED) is 0.870. The lowest BCUT2D eigenvalue weighted by Crippen LogP contribution is -2.01. The van der Waals surface area contributed by atoms with Crippen LogP contribution in [0.4, 0.5) is 8.78 Å². The minimum Gasteiger partial charge on any atom is -0.478 e. The van der Waals surface area contributed by atoms with Gasteiger partial charge in [0.2, 0.25) is 0 Å². The van der Waals surface area contributed by atoms with E-state index in [1.165, 1.54) is 6.26 Å². The maximum Gasteiger partial charge on any atom is 0.335 e. The topological polar surface area (TPSA) is 54.4 Å². The fraction of sp³-hybridized carbons (Fsp3) is 0.222. The van der Waals surface area contributed by atoms with Gasteiger partial charge >= 0.3 is 5.97 Å². The molecule has 3 nitrogen and oxygen atoms in total. The van der Waals surface area contributed by atoms with Gasteiger partial charge in [-0.25, -0.2) is 13.6 Å². The summed E-state index contributed by atoms with van der Waals surface area (Å²) in [5, 5.41) is 8.65. The first kappa shape index (κ1) is 11.8. The van der Waals surface area contributed by atoms with Crippen molar-refractivity contribution in [2.45, 2.75) is 11.3 Å². The van der Waals surface area contributed by atoms with Gasteiger partial charge in [-0.1, -0.05) is 0 Å². The van der Waals surface area contributed by atoms with E-state index in [2.05, 4.69) is 0 Å². The van der Waals surface area contributed by atoms with Gasteiger partial charge in [-0.15, -0.1) is 0 Å². The van der Waals surface area contributed by atoms with Gasteiger partial charge in [-0.05, 0) is 18.2 Å². The van der Waals surface area contributed by atoms with Crippen LogP contribution in [-0.4, -0.2) is 21.5 Å². The summed E-state index contributed by atoms with van der Waals surface area (Å²) in [6, 6.07) is 3.06. The van der Waals surface area contributed by atoms with Crippen LogP contribution in [0.1, 0.15) is 22.3 Å². The Bertz CT molecular complexity index is 386. The van der Waals surface area contributed by atoms with Crippen LogP contribution < -0.4 is 0 Å². The van der Waals surface area contributed by atoms with Crippen molar-refractivity contribution in [3.05, 3.63) is 29.3 Å². The summed E-state index contributed by atoms with van der Waals surface area (Å²) in [7, 11) is -1.48. The number of alkyl halides is 2. The summed E-state index contributed by atoms with van der Waals surface area (Å²) in [6.45, 7) is 0. The number of aromatic carboxylic acids is 1. The van der Waals surface area contributed by atoms with Gasteiger partial charge in [0.1, 0.15) is 0 Å². The molecule has 0 saturated carbocycles. The second-order valence-electron chi connectivity index (χ2n) is 2.85. The van der Waals surface area contributed by atoms with E-state index in [0.29, 0.717) is 0 Å². The third-order valence-corrected chi connectivity index (χ3v) is 2.66. The fourth-order valence-corrected chi connectivity index (χ4v) is 1.63. The Morgan fingerprint density at radius 3 is 2.40 bits per heavy atom. The Kier molecular flexibility index (Phi) is 3.52. The van der Waals surface area contributed by atoms with Crippen molar-refractivity contribution in [2.24, 2.45) is 0 Å². The number of carbonyl (C=O) groups is 1. The second-order valence-corrected chi connectivity index (χ2v) is 4.23.